The minimum Gasteiger partial charge on any atom is -0.395 e. The zero-order chi connectivity index (χ0) is 22.7. The number of aromatic nitrogens is 2. The second-order valence-corrected chi connectivity index (χ2v) is 10.1. The standard InChI is InChI=1S/C22H19F2N3O4S/c1-3-32(28,29)12-14-8-13-6-4-5-7-15(9-13)25-20(14)21-26-16-10-18-19(11-17(16)27(21)2)31-22(23,24)30-18/h4-8,10-11H,3,9,12H2,1-2H3. The Hall–Kier alpha value is -3.27. The van der Waals surface area contributed by atoms with Gasteiger partial charge in [0.25, 0.3) is 0 Å². The zero-order valence-corrected chi connectivity index (χ0v) is 18.1. The fourth-order valence-electron chi connectivity index (χ4n) is 3.85. The summed E-state index contributed by atoms with van der Waals surface area (Å²) in [6.07, 6.45) is 6.24. The normalized spacial score (nSPS) is 19.1. The molecule has 1 aliphatic carbocycles. The van der Waals surface area contributed by atoms with Crippen molar-refractivity contribution in [3.8, 4) is 11.5 Å². The van der Waals surface area contributed by atoms with E-state index in [1.807, 2.05) is 30.4 Å². The molecule has 3 heterocycles. The van der Waals surface area contributed by atoms with Crippen molar-refractivity contribution in [2.24, 2.45) is 12.0 Å². The molecule has 166 valence electrons. The van der Waals surface area contributed by atoms with Crippen LogP contribution < -0.4 is 9.47 Å². The van der Waals surface area contributed by atoms with Gasteiger partial charge in [0.1, 0.15) is 5.71 Å². The number of rotatable bonds is 4. The molecule has 0 radical (unpaired) electrons. The maximum atomic E-state index is 13.4. The van der Waals surface area contributed by atoms with E-state index in [1.165, 1.54) is 12.1 Å². The Bertz CT molecular complexity index is 1410. The van der Waals surface area contributed by atoms with Gasteiger partial charge in [0.2, 0.25) is 0 Å². The summed E-state index contributed by atoms with van der Waals surface area (Å²) in [7, 11) is -1.63. The van der Waals surface area contributed by atoms with Crippen LogP contribution >= 0.6 is 0 Å². The number of halogens is 2. The van der Waals surface area contributed by atoms with Crippen LogP contribution in [-0.2, 0) is 16.9 Å². The number of sulfone groups is 1. The molecule has 0 fully saturated rings. The number of alkyl halides is 2. The summed E-state index contributed by atoms with van der Waals surface area (Å²) in [6.45, 7) is 1.60. The summed E-state index contributed by atoms with van der Waals surface area (Å²) in [5.41, 5.74) is 3.59. The predicted molar refractivity (Wildman–Crippen MR) is 116 cm³/mol. The number of aryl methyl sites for hydroxylation is 1. The van der Waals surface area contributed by atoms with Crippen LogP contribution in [0.2, 0.25) is 0 Å². The van der Waals surface area contributed by atoms with Crippen molar-refractivity contribution in [3.05, 3.63) is 65.2 Å². The lowest BCUT2D eigenvalue weighted by Crippen LogP contribution is -2.25. The van der Waals surface area contributed by atoms with Crippen LogP contribution in [0.5, 0.6) is 11.5 Å². The highest BCUT2D eigenvalue weighted by Crippen LogP contribution is 2.43. The zero-order valence-electron chi connectivity index (χ0n) is 17.3. The fourth-order valence-corrected chi connectivity index (χ4v) is 4.74. The SMILES string of the molecule is CCS(=O)(=O)CC1=CC2=CC=CC=C(C2)N=C1c1nc2cc3c(cc2n1C)OC(F)(F)O3. The van der Waals surface area contributed by atoms with E-state index in [4.69, 9.17) is 4.99 Å². The maximum Gasteiger partial charge on any atom is 0.586 e. The average Bonchev–Trinajstić information content (AvgIpc) is 3.01. The van der Waals surface area contributed by atoms with Gasteiger partial charge in [-0.1, -0.05) is 31.2 Å². The molecule has 2 aliphatic heterocycles. The van der Waals surface area contributed by atoms with Gasteiger partial charge in [-0.15, -0.1) is 8.78 Å². The topological polar surface area (TPSA) is 82.8 Å². The van der Waals surface area contributed by atoms with Crippen molar-refractivity contribution in [1.82, 2.24) is 9.55 Å². The number of benzene rings is 1. The Morgan fingerprint density at radius 2 is 1.88 bits per heavy atom. The van der Waals surface area contributed by atoms with Gasteiger partial charge in [-0.3, -0.25) is 0 Å². The smallest absolute Gasteiger partial charge is 0.395 e. The van der Waals surface area contributed by atoms with E-state index in [2.05, 4.69) is 14.5 Å². The van der Waals surface area contributed by atoms with E-state index in [1.54, 1.807) is 18.5 Å². The van der Waals surface area contributed by atoms with Crippen LogP contribution in [0.1, 0.15) is 19.2 Å². The molecule has 1 aromatic carbocycles. The van der Waals surface area contributed by atoms with Gasteiger partial charge in [-0.25, -0.2) is 18.4 Å². The number of imidazole rings is 1. The summed E-state index contributed by atoms with van der Waals surface area (Å²) >= 11 is 0. The number of hydrogen-bond acceptors (Lipinski definition) is 6. The highest BCUT2D eigenvalue weighted by atomic mass is 32.2. The molecule has 1 aromatic heterocycles. The number of hydrogen-bond donors (Lipinski definition) is 0. The molecule has 0 saturated carbocycles. The van der Waals surface area contributed by atoms with Crippen molar-refractivity contribution in [2.75, 3.05) is 11.5 Å². The first-order valence-electron chi connectivity index (χ1n) is 9.97. The Kier molecular flexibility index (Phi) is 4.59. The molecule has 10 heteroatoms. The van der Waals surface area contributed by atoms with E-state index in [0.29, 0.717) is 34.6 Å². The average molecular weight is 459 g/mol. The monoisotopic (exact) mass is 459 g/mol. The summed E-state index contributed by atoms with van der Waals surface area (Å²) in [5, 5.41) is 0. The van der Waals surface area contributed by atoms with E-state index in [9.17, 15) is 17.2 Å². The third-order valence-corrected chi connectivity index (χ3v) is 7.08. The lowest BCUT2D eigenvalue weighted by Gasteiger charge is -2.11. The molecule has 0 saturated heterocycles. The van der Waals surface area contributed by atoms with Crippen molar-refractivity contribution < 1.29 is 26.7 Å². The number of fused-ring (bicyclic) bond motifs is 4. The number of aliphatic imine (C=N–C) groups is 1. The molecule has 7 nitrogen and oxygen atoms in total. The van der Waals surface area contributed by atoms with Gasteiger partial charge in [-0.2, -0.15) is 0 Å². The first kappa shape index (κ1) is 20.6. The quantitative estimate of drug-likeness (QED) is 0.694. The van der Waals surface area contributed by atoms with Gasteiger partial charge in [0, 0.05) is 37.1 Å². The third-order valence-electron chi connectivity index (χ3n) is 5.45. The van der Waals surface area contributed by atoms with E-state index in [0.717, 1.165) is 11.3 Å². The molecule has 3 aliphatic rings. The maximum absolute atomic E-state index is 13.4. The molecule has 0 atom stereocenters. The summed E-state index contributed by atoms with van der Waals surface area (Å²) in [6, 6.07) is 2.81. The molecule has 2 aromatic rings. The van der Waals surface area contributed by atoms with Crippen LogP contribution in [0.4, 0.5) is 8.78 Å². The third kappa shape index (κ3) is 3.64. The summed E-state index contributed by atoms with van der Waals surface area (Å²) in [4.78, 5) is 9.37. The van der Waals surface area contributed by atoms with E-state index >= 15 is 0 Å². The van der Waals surface area contributed by atoms with E-state index in [-0.39, 0.29) is 23.0 Å². The predicted octanol–water partition coefficient (Wildman–Crippen LogP) is 3.83. The van der Waals surface area contributed by atoms with Crippen molar-refractivity contribution in [2.45, 2.75) is 19.6 Å². The van der Waals surface area contributed by atoms with Crippen LogP contribution in [-0.4, -0.2) is 41.5 Å². The van der Waals surface area contributed by atoms with Crippen LogP contribution in [0.3, 0.4) is 0 Å². The van der Waals surface area contributed by atoms with Crippen molar-refractivity contribution >= 4 is 26.6 Å². The minimum atomic E-state index is -3.72. The Morgan fingerprint density at radius 1 is 1.16 bits per heavy atom. The number of allylic oxidation sites excluding steroid dienone is 6. The lowest BCUT2D eigenvalue weighted by atomic mass is 10.1. The molecule has 0 N–H and O–H groups in total. The first-order valence-corrected chi connectivity index (χ1v) is 11.8. The van der Waals surface area contributed by atoms with Gasteiger partial charge < -0.3 is 14.0 Å². The van der Waals surface area contributed by atoms with Gasteiger partial charge in [-0.05, 0) is 17.2 Å². The second-order valence-electron chi connectivity index (χ2n) is 7.72. The van der Waals surface area contributed by atoms with Crippen LogP contribution in [0, 0.1) is 0 Å². The molecule has 2 bridgehead atoms. The molecule has 0 unspecified atom stereocenters. The number of nitrogens with zero attached hydrogens (tertiary/aromatic N) is 3. The Morgan fingerprint density at radius 3 is 2.62 bits per heavy atom. The molecular weight excluding hydrogens is 440 g/mol. The highest BCUT2D eigenvalue weighted by Gasteiger charge is 2.44. The summed E-state index contributed by atoms with van der Waals surface area (Å²) < 4.78 is 62.7. The van der Waals surface area contributed by atoms with Gasteiger partial charge >= 0.3 is 6.29 Å². The summed E-state index contributed by atoms with van der Waals surface area (Å²) in [5.74, 6) is 0.0375. The van der Waals surface area contributed by atoms with Gasteiger partial charge in [0.05, 0.1) is 16.8 Å². The molecule has 5 rings (SSSR count). The van der Waals surface area contributed by atoms with Crippen molar-refractivity contribution in [3.63, 3.8) is 0 Å². The first-order chi connectivity index (χ1) is 15.1. The Balaban J connectivity index is 1.68. The van der Waals surface area contributed by atoms with Crippen LogP contribution in [0.15, 0.2) is 64.3 Å². The van der Waals surface area contributed by atoms with Crippen molar-refractivity contribution in [1.29, 1.82) is 0 Å². The minimum absolute atomic E-state index is 0.00256. The van der Waals surface area contributed by atoms with Crippen LogP contribution in [0.25, 0.3) is 11.0 Å². The number of ether oxygens (including phenoxy) is 2. The Labute approximate surface area is 183 Å². The highest BCUT2D eigenvalue weighted by molar-refractivity contribution is 7.91. The van der Waals surface area contributed by atoms with Gasteiger partial charge in [0.15, 0.2) is 27.2 Å². The molecule has 0 amide bonds. The molecule has 0 spiro atoms. The fraction of sp³-hybridized carbons (Fsp3) is 0.273. The lowest BCUT2D eigenvalue weighted by molar-refractivity contribution is -0.286. The molecular formula is C22H19F2N3O4S. The molecule has 32 heavy (non-hydrogen) atoms. The second kappa shape index (κ2) is 7.13. The van der Waals surface area contributed by atoms with E-state index < -0.39 is 16.1 Å². The largest absolute Gasteiger partial charge is 0.586 e.